The van der Waals surface area contributed by atoms with Gasteiger partial charge in [-0.15, -0.1) is 0 Å². The van der Waals surface area contributed by atoms with Crippen molar-refractivity contribution in [3.05, 3.63) is 223 Å². The van der Waals surface area contributed by atoms with Crippen molar-refractivity contribution in [2.24, 2.45) is 0 Å². The molecule has 3 nitrogen and oxygen atoms in total. The minimum absolute atomic E-state index is 0.210. The van der Waals surface area contributed by atoms with Crippen molar-refractivity contribution >= 4 is 71.7 Å². The quantitative estimate of drug-likeness (QED) is 0.167. The van der Waals surface area contributed by atoms with Gasteiger partial charge in [-0.2, -0.15) is 0 Å². The summed E-state index contributed by atoms with van der Waals surface area (Å²) in [6.45, 7) is 4.75. The maximum absolute atomic E-state index is 6.16. The molecule has 2 heterocycles. The fraction of sp³-hybridized carbons (Fsp3) is 0.0492. The number of para-hydroxylation sites is 2. The van der Waals surface area contributed by atoms with Gasteiger partial charge in [-0.1, -0.05) is 141 Å². The third-order valence-electron chi connectivity index (χ3n) is 13.7. The molecule has 12 aromatic rings. The van der Waals surface area contributed by atoms with E-state index in [1.54, 1.807) is 0 Å². The van der Waals surface area contributed by atoms with Crippen molar-refractivity contribution in [2.75, 3.05) is 4.90 Å². The van der Waals surface area contributed by atoms with Gasteiger partial charge < -0.3 is 13.7 Å². The van der Waals surface area contributed by atoms with E-state index in [4.69, 9.17) is 8.83 Å². The lowest BCUT2D eigenvalue weighted by molar-refractivity contribution is 0.660. The van der Waals surface area contributed by atoms with Crippen LogP contribution >= 0.6 is 0 Å². The molecule has 3 heteroatoms. The highest BCUT2D eigenvalue weighted by atomic mass is 16.3. The molecule has 1 aliphatic rings. The lowest BCUT2D eigenvalue weighted by Gasteiger charge is -2.28. The van der Waals surface area contributed by atoms with Crippen LogP contribution in [0.2, 0.25) is 0 Å². The normalized spacial score (nSPS) is 13.0. The summed E-state index contributed by atoms with van der Waals surface area (Å²) in [5, 5.41) is 7.05. The molecular formula is C61H41NO2. The molecule has 2 aromatic heterocycles. The first-order chi connectivity index (χ1) is 31.4. The summed E-state index contributed by atoms with van der Waals surface area (Å²) in [5.41, 5.74) is 19.1. The molecule has 0 saturated heterocycles. The Labute approximate surface area is 371 Å². The Morgan fingerprint density at radius 3 is 1.34 bits per heavy atom. The second-order valence-corrected chi connectivity index (χ2v) is 17.7. The van der Waals surface area contributed by atoms with Gasteiger partial charge >= 0.3 is 0 Å². The molecule has 0 radical (unpaired) electrons. The van der Waals surface area contributed by atoms with Crippen LogP contribution in [0.1, 0.15) is 25.0 Å². The average molecular weight is 820 g/mol. The third kappa shape index (κ3) is 5.74. The van der Waals surface area contributed by atoms with Crippen LogP contribution in [-0.4, -0.2) is 0 Å². The van der Waals surface area contributed by atoms with E-state index in [1.165, 1.54) is 44.2 Å². The predicted octanol–water partition coefficient (Wildman–Crippen LogP) is 17.4. The average Bonchev–Trinajstić information content (AvgIpc) is 3.98. The molecular weight excluding hydrogens is 779 g/mol. The van der Waals surface area contributed by atoms with E-state index in [0.29, 0.717) is 0 Å². The lowest BCUT2D eigenvalue weighted by Crippen LogP contribution is -2.16. The fourth-order valence-electron chi connectivity index (χ4n) is 10.3. The molecule has 13 rings (SSSR count). The van der Waals surface area contributed by atoms with Crippen LogP contribution in [0.25, 0.3) is 99.2 Å². The minimum atomic E-state index is -0.210. The standard InChI is InChI=1S/C61H41NO2/c1-61(2)55-36-45(42-16-15-38-9-3-4-10-41(38)33-42)21-29-49(55)50-30-28-48(37-56(50)61)62(46-24-17-39(18-25-46)43-22-31-59-53(34-43)51-11-5-7-13-57(51)63-59)47-26-19-40(20-27-47)44-23-32-60-54(35-44)52-12-6-8-14-58(52)64-60/h3-37H,1-2H3. The summed E-state index contributed by atoms with van der Waals surface area (Å²) in [7, 11) is 0. The molecule has 0 amide bonds. The Kier molecular flexibility index (Phi) is 7.95. The maximum Gasteiger partial charge on any atom is 0.135 e. The highest BCUT2D eigenvalue weighted by Gasteiger charge is 2.36. The van der Waals surface area contributed by atoms with Gasteiger partial charge in [-0.3, -0.25) is 0 Å². The van der Waals surface area contributed by atoms with Crippen LogP contribution in [0.4, 0.5) is 17.1 Å². The smallest absolute Gasteiger partial charge is 0.135 e. The van der Waals surface area contributed by atoms with Gasteiger partial charge in [0.25, 0.3) is 0 Å². The van der Waals surface area contributed by atoms with Gasteiger partial charge in [0.2, 0.25) is 0 Å². The van der Waals surface area contributed by atoms with Crippen LogP contribution < -0.4 is 4.90 Å². The lowest BCUT2D eigenvalue weighted by atomic mass is 9.81. The van der Waals surface area contributed by atoms with Crippen LogP contribution in [0.5, 0.6) is 0 Å². The molecule has 0 unspecified atom stereocenters. The number of benzene rings is 10. The van der Waals surface area contributed by atoms with Crippen LogP contribution in [0.15, 0.2) is 221 Å². The van der Waals surface area contributed by atoms with Crippen molar-refractivity contribution in [1.82, 2.24) is 0 Å². The molecule has 0 bridgehead atoms. The van der Waals surface area contributed by atoms with Gasteiger partial charge in [0, 0.05) is 44.0 Å². The zero-order chi connectivity index (χ0) is 42.5. The zero-order valence-corrected chi connectivity index (χ0v) is 35.5. The van der Waals surface area contributed by atoms with Crippen molar-refractivity contribution in [3.8, 4) is 44.5 Å². The first kappa shape index (κ1) is 36.5. The fourth-order valence-corrected chi connectivity index (χ4v) is 10.3. The summed E-state index contributed by atoms with van der Waals surface area (Å²) in [6, 6.07) is 77.0. The Bertz CT molecular complexity index is 3650. The van der Waals surface area contributed by atoms with Crippen molar-refractivity contribution in [3.63, 3.8) is 0 Å². The van der Waals surface area contributed by atoms with E-state index in [2.05, 4.69) is 207 Å². The van der Waals surface area contributed by atoms with E-state index in [0.717, 1.165) is 83.2 Å². The number of rotatable bonds is 6. The highest BCUT2D eigenvalue weighted by Crippen LogP contribution is 2.52. The van der Waals surface area contributed by atoms with E-state index in [-0.39, 0.29) is 5.41 Å². The van der Waals surface area contributed by atoms with Gasteiger partial charge in [0.1, 0.15) is 22.3 Å². The Hall–Kier alpha value is -8.14. The van der Waals surface area contributed by atoms with Crippen molar-refractivity contribution < 1.29 is 8.83 Å². The highest BCUT2D eigenvalue weighted by molar-refractivity contribution is 6.07. The molecule has 10 aromatic carbocycles. The van der Waals surface area contributed by atoms with E-state index >= 15 is 0 Å². The molecule has 0 atom stereocenters. The third-order valence-corrected chi connectivity index (χ3v) is 13.7. The summed E-state index contributed by atoms with van der Waals surface area (Å²) < 4.78 is 12.3. The van der Waals surface area contributed by atoms with Gasteiger partial charge in [-0.25, -0.2) is 0 Å². The van der Waals surface area contributed by atoms with Crippen molar-refractivity contribution in [2.45, 2.75) is 19.3 Å². The molecule has 0 aliphatic heterocycles. The number of hydrogen-bond acceptors (Lipinski definition) is 3. The summed E-state index contributed by atoms with van der Waals surface area (Å²) in [4.78, 5) is 2.40. The maximum atomic E-state index is 6.16. The summed E-state index contributed by atoms with van der Waals surface area (Å²) in [5.74, 6) is 0. The molecule has 0 fully saturated rings. The van der Waals surface area contributed by atoms with Gasteiger partial charge in [0.15, 0.2) is 0 Å². The topological polar surface area (TPSA) is 29.5 Å². The molecule has 64 heavy (non-hydrogen) atoms. The second-order valence-electron chi connectivity index (χ2n) is 17.7. The van der Waals surface area contributed by atoms with E-state index < -0.39 is 0 Å². The molecule has 302 valence electrons. The van der Waals surface area contributed by atoms with Gasteiger partial charge in [0.05, 0.1) is 0 Å². The van der Waals surface area contributed by atoms with E-state index in [1.807, 2.05) is 24.3 Å². The number of fused-ring (bicyclic) bond motifs is 10. The summed E-state index contributed by atoms with van der Waals surface area (Å²) in [6.07, 6.45) is 0. The first-order valence-corrected chi connectivity index (χ1v) is 22.1. The Balaban J connectivity index is 0.896. The largest absolute Gasteiger partial charge is 0.456 e. The molecule has 0 spiro atoms. The number of nitrogens with zero attached hydrogens (tertiary/aromatic N) is 1. The number of furan rings is 2. The van der Waals surface area contributed by atoms with Crippen LogP contribution in [0.3, 0.4) is 0 Å². The minimum Gasteiger partial charge on any atom is -0.456 e. The second kappa shape index (κ2) is 13.9. The van der Waals surface area contributed by atoms with Crippen LogP contribution in [0, 0.1) is 0 Å². The Morgan fingerprint density at radius 1 is 0.312 bits per heavy atom. The molecule has 0 N–H and O–H groups in total. The Morgan fingerprint density at radius 2 is 0.734 bits per heavy atom. The van der Waals surface area contributed by atoms with Crippen LogP contribution in [-0.2, 0) is 5.41 Å². The number of anilines is 3. The van der Waals surface area contributed by atoms with E-state index in [9.17, 15) is 0 Å². The molecule has 1 aliphatic carbocycles. The molecule has 0 saturated carbocycles. The predicted molar refractivity (Wildman–Crippen MR) is 267 cm³/mol. The number of hydrogen-bond donors (Lipinski definition) is 0. The monoisotopic (exact) mass is 819 g/mol. The summed E-state index contributed by atoms with van der Waals surface area (Å²) >= 11 is 0. The SMILES string of the molecule is CC1(C)c2cc(-c3ccc4ccccc4c3)ccc2-c2ccc(N(c3ccc(-c4ccc5oc6ccccc6c5c4)cc3)c3ccc(-c4ccc5oc6ccccc6c5c4)cc3)cc21. The van der Waals surface area contributed by atoms with Gasteiger partial charge in [-0.05, 0) is 151 Å². The first-order valence-electron chi connectivity index (χ1n) is 22.1. The zero-order valence-electron chi connectivity index (χ0n) is 35.5. The van der Waals surface area contributed by atoms with Crippen molar-refractivity contribution in [1.29, 1.82) is 0 Å².